The second-order valence-electron chi connectivity index (χ2n) is 0.921. The summed E-state index contributed by atoms with van der Waals surface area (Å²) < 4.78 is 33.3. The highest BCUT2D eigenvalue weighted by Crippen LogP contribution is 2.32. The number of halogens is 4. The maximum atomic E-state index is 11.1. The lowest BCUT2D eigenvalue weighted by Gasteiger charge is -1.98. The zero-order valence-corrected chi connectivity index (χ0v) is 6.58. The molecule has 0 heterocycles. The largest absolute Gasteiger partial charge is 0.454 e. The fourth-order valence-electron chi connectivity index (χ4n) is 0.0536. The molecule has 6 heteroatoms. The van der Waals surface area contributed by atoms with Crippen LogP contribution in [0.4, 0.5) is 13.2 Å². The van der Waals surface area contributed by atoms with Crippen molar-refractivity contribution >= 4 is 33.8 Å². The van der Waals surface area contributed by atoms with Crippen LogP contribution in [0.25, 0.3) is 0 Å². The molecule has 0 amide bonds. The summed E-state index contributed by atoms with van der Waals surface area (Å²) >= 11 is 1.40. The summed E-state index contributed by atoms with van der Waals surface area (Å²) in [5, 5.41) is 0. The molecule has 0 aromatic carbocycles. The summed E-state index contributed by atoms with van der Waals surface area (Å²) in [5.41, 5.74) is -1.65. The summed E-state index contributed by atoms with van der Waals surface area (Å²) in [6.45, 7) is 0. The third-order valence-corrected chi connectivity index (χ3v) is 2.27. The highest BCUT2D eigenvalue weighted by molar-refractivity contribution is 14.2. The van der Waals surface area contributed by atoms with E-state index >= 15 is 0 Å². The Morgan fingerprint density at radius 3 is 1.88 bits per heavy atom. The van der Waals surface area contributed by atoms with E-state index in [9.17, 15) is 18.0 Å². The third-order valence-electron chi connectivity index (χ3n) is 0.343. The monoisotopic (exact) mass is 256 g/mol. The predicted octanol–water partition coefficient (Wildman–Crippen LogP) is 2.10. The summed E-state index contributed by atoms with van der Waals surface area (Å²) in [6.07, 6.45) is -5.34. The van der Waals surface area contributed by atoms with Crippen molar-refractivity contribution in [3.8, 4) is 0 Å². The quantitative estimate of drug-likeness (QED) is 0.518. The normalized spacial score (nSPS) is 13.0. The van der Waals surface area contributed by atoms with Gasteiger partial charge in [-0.3, -0.25) is 4.79 Å². The van der Waals surface area contributed by atoms with Gasteiger partial charge in [0.1, 0.15) is 0 Å². The van der Waals surface area contributed by atoms with Crippen LogP contribution < -0.4 is 0 Å². The summed E-state index contributed by atoms with van der Waals surface area (Å²) in [5.74, 6) is 0. The first kappa shape index (κ1) is 8.62. The molecule has 0 N–H and O–H groups in total. The smallest absolute Gasteiger partial charge is 0.284 e. The molecule has 0 aromatic rings. The summed E-state index contributed by atoms with van der Waals surface area (Å²) in [7, 11) is 0. The van der Waals surface area contributed by atoms with Crippen LogP contribution in [-0.4, -0.2) is 11.7 Å². The van der Waals surface area contributed by atoms with Gasteiger partial charge in [-0.05, 0) is 22.0 Å². The van der Waals surface area contributed by atoms with Crippen LogP contribution in [0.1, 0.15) is 0 Å². The Morgan fingerprint density at radius 2 is 1.88 bits per heavy atom. The van der Waals surface area contributed by atoms with Gasteiger partial charge in [-0.1, -0.05) is 0 Å². The van der Waals surface area contributed by atoms with Gasteiger partial charge in [-0.15, -0.1) is 0 Å². The molecule has 0 spiro atoms. The highest BCUT2D eigenvalue weighted by Gasteiger charge is 2.37. The molecule has 0 saturated heterocycles. The van der Waals surface area contributed by atoms with Gasteiger partial charge in [0.25, 0.3) is 5.52 Å². The van der Waals surface area contributed by atoms with Crippen molar-refractivity contribution in [2.45, 2.75) is 6.18 Å². The Labute approximate surface area is 58.3 Å². The molecule has 0 saturated carbocycles. The highest BCUT2D eigenvalue weighted by atomic mass is 127. The Balaban J connectivity index is 3.82. The van der Waals surface area contributed by atoms with E-state index in [-0.39, 0.29) is 0 Å². The molecule has 8 heavy (non-hydrogen) atoms. The van der Waals surface area contributed by atoms with Gasteiger partial charge in [0, 0.05) is 6.22 Å². The van der Waals surface area contributed by atoms with Crippen LogP contribution in [0.2, 0.25) is 0 Å². The molecule has 0 fully saturated rings. The topological polar surface area (TPSA) is 17.1 Å². The van der Waals surface area contributed by atoms with E-state index < -0.39 is 17.9 Å². The lowest BCUT2D eigenvalue weighted by molar-refractivity contribution is -0.160. The van der Waals surface area contributed by atoms with E-state index in [1.807, 2.05) is 0 Å². The van der Waals surface area contributed by atoms with Crippen molar-refractivity contribution in [2.24, 2.45) is 0 Å². The van der Waals surface area contributed by atoms with Crippen LogP contribution in [0.3, 0.4) is 0 Å². The number of hydrogen-bond acceptors (Lipinski definition) is 1. The zero-order chi connectivity index (χ0) is 6.78. The SMILES string of the molecule is O=C(PI)C(F)(F)F. The van der Waals surface area contributed by atoms with E-state index in [4.69, 9.17) is 0 Å². The molecule has 0 aliphatic rings. The van der Waals surface area contributed by atoms with Gasteiger partial charge in [0.05, 0.1) is 0 Å². The first-order valence-corrected chi connectivity index (χ1v) is 5.57. The maximum Gasteiger partial charge on any atom is 0.454 e. The van der Waals surface area contributed by atoms with Gasteiger partial charge >= 0.3 is 6.18 Å². The zero-order valence-electron chi connectivity index (χ0n) is 3.42. The Kier molecular flexibility index (Phi) is 3.19. The van der Waals surface area contributed by atoms with E-state index in [0.717, 1.165) is 0 Å². The average molecular weight is 256 g/mol. The van der Waals surface area contributed by atoms with Crippen LogP contribution >= 0.6 is 28.3 Å². The van der Waals surface area contributed by atoms with Crippen LogP contribution in [0.5, 0.6) is 0 Å². The fraction of sp³-hybridized carbons (Fsp3) is 0.500. The second-order valence-corrected chi connectivity index (χ2v) is 3.18. The molecular weight excluding hydrogens is 255 g/mol. The molecule has 1 atom stereocenters. The van der Waals surface area contributed by atoms with E-state index in [0.29, 0.717) is 0 Å². The minimum atomic E-state index is -4.63. The minimum Gasteiger partial charge on any atom is -0.284 e. The minimum absolute atomic E-state index is 0.711. The number of hydrogen-bond donors (Lipinski definition) is 0. The van der Waals surface area contributed by atoms with Crippen molar-refractivity contribution in [1.29, 1.82) is 0 Å². The van der Waals surface area contributed by atoms with Crippen molar-refractivity contribution < 1.29 is 18.0 Å². The molecule has 0 aliphatic carbocycles. The van der Waals surface area contributed by atoms with Crippen molar-refractivity contribution in [3.05, 3.63) is 0 Å². The Bertz CT molecular complexity index is 99.9. The third kappa shape index (κ3) is 2.81. The van der Waals surface area contributed by atoms with E-state index in [1.54, 1.807) is 0 Å². The van der Waals surface area contributed by atoms with Gasteiger partial charge < -0.3 is 0 Å². The molecule has 1 nitrogen and oxygen atoms in total. The first-order valence-electron chi connectivity index (χ1n) is 1.46. The van der Waals surface area contributed by atoms with Crippen molar-refractivity contribution in [1.82, 2.24) is 0 Å². The van der Waals surface area contributed by atoms with Gasteiger partial charge in [0.2, 0.25) is 0 Å². The molecule has 0 rings (SSSR count). The van der Waals surface area contributed by atoms with E-state index in [1.165, 1.54) is 22.0 Å². The fourth-order valence-corrected chi connectivity index (χ4v) is 1.08. The lowest BCUT2D eigenvalue weighted by Crippen LogP contribution is -2.16. The van der Waals surface area contributed by atoms with Gasteiger partial charge in [-0.25, -0.2) is 0 Å². The van der Waals surface area contributed by atoms with Gasteiger partial charge in [-0.2, -0.15) is 13.2 Å². The number of rotatable bonds is 1. The first-order chi connectivity index (χ1) is 3.48. The molecule has 0 aromatic heterocycles. The molecule has 1 unspecified atom stereocenters. The van der Waals surface area contributed by atoms with Crippen molar-refractivity contribution in [3.63, 3.8) is 0 Å². The second kappa shape index (κ2) is 2.96. The predicted molar refractivity (Wildman–Crippen MR) is 33.4 cm³/mol. The number of alkyl halides is 3. The standard InChI is InChI=1S/C2HF3IOP/c3-2(4,5)1(7)8-6/h8H. The van der Waals surface area contributed by atoms with Crippen LogP contribution in [-0.2, 0) is 4.79 Å². The molecule has 0 radical (unpaired) electrons. The molecule has 0 aliphatic heterocycles. The van der Waals surface area contributed by atoms with Crippen LogP contribution in [0.15, 0.2) is 0 Å². The summed E-state index contributed by atoms with van der Waals surface area (Å²) in [6, 6.07) is 0. The lowest BCUT2D eigenvalue weighted by atomic mass is 10.8. The Hall–Kier alpha value is 0.620. The average Bonchev–Trinajstić information content (AvgIpc) is 1.62. The van der Waals surface area contributed by atoms with Crippen LogP contribution in [0, 0.1) is 0 Å². The molecular formula is C2HF3IOP. The Morgan fingerprint density at radius 1 is 1.50 bits per heavy atom. The van der Waals surface area contributed by atoms with E-state index in [2.05, 4.69) is 0 Å². The molecule has 0 bridgehead atoms. The maximum absolute atomic E-state index is 11.1. The van der Waals surface area contributed by atoms with Crippen molar-refractivity contribution in [2.75, 3.05) is 0 Å². The number of carbonyl (C=O) groups excluding carboxylic acids is 1. The van der Waals surface area contributed by atoms with Gasteiger partial charge in [0.15, 0.2) is 0 Å². The molecule has 48 valence electrons. The summed E-state index contributed by atoms with van der Waals surface area (Å²) in [4.78, 5) is 9.71. The number of carbonyl (C=O) groups is 1.